The van der Waals surface area contributed by atoms with Crippen LogP contribution in [0.4, 0.5) is 45.5 Å². The smallest absolute Gasteiger partial charge is 0.257 e. The van der Waals surface area contributed by atoms with Crippen molar-refractivity contribution >= 4 is 202 Å². The molecular formula is C95H92Cl8N14O14S4. The first kappa shape index (κ1) is 104. The lowest BCUT2D eigenvalue weighted by Gasteiger charge is -2.30. The van der Waals surface area contributed by atoms with Crippen LogP contribution in [-0.4, -0.2) is 184 Å². The van der Waals surface area contributed by atoms with Gasteiger partial charge in [-0.3, -0.25) is 61.2 Å². The topological polar surface area (TPSA) is 344 Å². The number of benzene rings is 8. The molecule has 1 saturated heterocycles. The number of halogens is 8. The number of nitrogens with one attached hydrogen (secondary N) is 4. The van der Waals surface area contributed by atoms with E-state index in [0.29, 0.717) is 143 Å². The minimum atomic E-state index is -3.56. The zero-order valence-corrected chi connectivity index (χ0v) is 82.9. The third-order valence-electron chi connectivity index (χ3n) is 20.2. The molecule has 14 rings (SSSR count). The van der Waals surface area contributed by atoms with Crippen molar-refractivity contribution in [3.8, 4) is 45.0 Å². The van der Waals surface area contributed by atoms with Crippen LogP contribution in [-0.2, 0) is 56.1 Å². The Morgan fingerprint density at radius 2 is 0.644 bits per heavy atom. The van der Waals surface area contributed by atoms with E-state index in [1.165, 1.54) is 78.9 Å². The molecule has 4 amide bonds. The first-order valence-corrected chi connectivity index (χ1v) is 51.7. The van der Waals surface area contributed by atoms with E-state index < -0.39 is 63.7 Å². The maximum Gasteiger partial charge on any atom is 0.257 e. The van der Waals surface area contributed by atoms with E-state index in [9.17, 15) is 52.8 Å². The Morgan fingerprint density at radius 3 is 0.904 bits per heavy atom. The molecule has 40 heteroatoms. The molecule has 0 atom stereocenters. The van der Waals surface area contributed by atoms with Crippen molar-refractivity contribution in [2.75, 3.05) is 136 Å². The van der Waals surface area contributed by atoms with Gasteiger partial charge in [-0.05, 0) is 212 Å². The van der Waals surface area contributed by atoms with Crippen molar-refractivity contribution in [2.24, 2.45) is 5.92 Å². The summed E-state index contributed by atoms with van der Waals surface area (Å²) in [5, 5.41) is 13.8. The highest BCUT2D eigenvalue weighted by molar-refractivity contribution is 7.93. The maximum absolute atomic E-state index is 13.0. The van der Waals surface area contributed by atoms with Gasteiger partial charge in [0.25, 0.3) is 23.6 Å². The lowest BCUT2D eigenvalue weighted by molar-refractivity contribution is 0.0395. The molecule has 0 aliphatic carbocycles. The fraction of sp³-hybridized carbons (Fsp3) is 0.200. The van der Waals surface area contributed by atoms with Crippen LogP contribution >= 0.6 is 92.8 Å². The second kappa shape index (κ2) is 48.0. The van der Waals surface area contributed by atoms with E-state index in [1.54, 1.807) is 134 Å². The number of pyridine rings is 4. The van der Waals surface area contributed by atoms with Gasteiger partial charge in [-0.1, -0.05) is 131 Å². The number of morpholine rings is 1. The molecule has 706 valence electrons. The lowest BCUT2D eigenvalue weighted by atomic mass is 10.1. The first-order chi connectivity index (χ1) is 64.2. The Kier molecular flexibility index (Phi) is 37.0. The van der Waals surface area contributed by atoms with E-state index in [1.807, 2.05) is 97.5 Å². The van der Waals surface area contributed by atoms with Crippen molar-refractivity contribution < 1.29 is 62.3 Å². The van der Waals surface area contributed by atoms with Crippen molar-refractivity contribution in [2.45, 2.75) is 20.4 Å². The van der Waals surface area contributed by atoms with Gasteiger partial charge in [-0.15, -0.1) is 0 Å². The molecule has 1 aliphatic rings. The quantitative estimate of drug-likeness (QED) is 0.0313. The van der Waals surface area contributed by atoms with Crippen LogP contribution in [0.1, 0.15) is 55.3 Å². The number of methoxy groups -OCH3 is 1. The average Bonchev–Trinajstić information content (AvgIpc) is 1.50. The second-order valence-electron chi connectivity index (χ2n) is 30.7. The highest BCUT2D eigenvalue weighted by Crippen LogP contribution is 2.38. The SMILES string of the molecule is CC(C)CN(c1ccc(C(=O)Nc2ccc(Cl)c(-c3ccccn3)c2)c(Cl)c1)S(C)(=O)=O.COCCN(c1ccc(C(=O)Nc2ccc(Cl)c(-c3ccccn3)c2)c(Cl)c1)S(C)(=O)=O.CS(=O)(=O)N(CCN1CCOCC1)c1ccc(C(=O)Nc2ccc(Cl)c(-c3ccccn3)c2)c(Cl)c1.CS(=O)(=O)N(CCn1cccc1)c1ccc(C(=O)Nc2ccc(Cl)c(-c3ccccn3)c2)c(Cl)c1. The molecule has 5 aromatic heterocycles. The summed E-state index contributed by atoms with van der Waals surface area (Å²) in [7, 11) is -12.7. The van der Waals surface area contributed by atoms with Gasteiger partial charge in [-0.25, -0.2) is 33.7 Å². The number of carbonyl (C=O) groups excluding carboxylic acids is 4. The zero-order valence-electron chi connectivity index (χ0n) is 73.6. The summed E-state index contributed by atoms with van der Waals surface area (Å²) in [4.78, 5) is 71.0. The van der Waals surface area contributed by atoms with E-state index in [0.717, 1.165) is 38.1 Å². The van der Waals surface area contributed by atoms with Gasteiger partial charge in [0.2, 0.25) is 40.1 Å². The van der Waals surface area contributed by atoms with Crippen LogP contribution in [0.15, 0.2) is 268 Å². The van der Waals surface area contributed by atoms with Crippen LogP contribution in [0.2, 0.25) is 40.2 Å². The predicted molar refractivity (Wildman–Crippen MR) is 544 cm³/mol. The number of hydrogen-bond acceptors (Lipinski definition) is 19. The molecule has 4 N–H and O–H groups in total. The average molecular weight is 2070 g/mol. The summed E-state index contributed by atoms with van der Waals surface area (Å²) in [6.45, 7) is 8.77. The number of nitrogens with zero attached hydrogens (tertiary/aromatic N) is 10. The van der Waals surface area contributed by atoms with Gasteiger partial charge in [0.15, 0.2) is 0 Å². The summed E-state index contributed by atoms with van der Waals surface area (Å²) >= 11 is 50.8. The van der Waals surface area contributed by atoms with Crippen LogP contribution in [0.3, 0.4) is 0 Å². The third kappa shape index (κ3) is 29.6. The molecule has 1 aliphatic heterocycles. The van der Waals surface area contributed by atoms with E-state index in [4.69, 9.17) is 102 Å². The Hall–Kier alpha value is -11.3. The standard InChI is InChI=1S/C25H26Cl2N4O4S.C25H22Cl2N4O3S.C23H23Cl2N3O3S.C22H21Cl2N3O4S/c1-36(33,34)31(11-10-30-12-14-35-15-13-30)19-6-7-20(23(27)17-19)25(32)29-18-5-8-22(26)21(16-18)24-4-2-3-9-28-24;1-35(33,34)31(15-14-30-12-4-5-13-30)19-8-9-20(23(27)17-19)25(32)29-18-7-10-22(26)21(16-18)24-6-2-3-11-28-24;1-15(2)14-28(32(3,30)31)17-8-9-18(21(25)13-17)23(29)27-16-7-10-20(24)19(12-16)22-6-4-5-11-26-22;1-31-12-11-27(32(2,29)30)16-7-8-17(20(24)14-16)22(28)26-15-6-9-19(23)18(13-15)21-5-3-4-10-25-21/h2-9,16-17H,10-15H2,1H3,(H,29,32);2-13,16-17H,14-15H2,1H3,(H,29,32);4-13,15H,14H2,1-3H3,(H,27,29);3-10,13-14H,11-12H2,1-2H3,(H,26,28). The predicted octanol–water partition coefficient (Wildman–Crippen LogP) is 20.4. The summed E-state index contributed by atoms with van der Waals surface area (Å²) < 4.78 is 116. The molecule has 28 nitrogen and oxygen atoms in total. The molecule has 13 aromatic rings. The number of aromatic nitrogens is 5. The van der Waals surface area contributed by atoms with Crippen LogP contribution in [0.5, 0.6) is 0 Å². The Bertz CT molecular complexity index is 6860. The van der Waals surface area contributed by atoms with E-state index in [2.05, 4.69) is 46.1 Å². The lowest BCUT2D eigenvalue weighted by Crippen LogP contribution is -2.43. The molecule has 6 heterocycles. The van der Waals surface area contributed by atoms with E-state index in [-0.39, 0.29) is 74.5 Å². The normalized spacial score (nSPS) is 12.1. The van der Waals surface area contributed by atoms with Crippen LogP contribution in [0.25, 0.3) is 45.0 Å². The fourth-order valence-electron chi connectivity index (χ4n) is 13.6. The van der Waals surface area contributed by atoms with Gasteiger partial charge >= 0.3 is 0 Å². The molecule has 0 bridgehead atoms. The van der Waals surface area contributed by atoms with Crippen molar-refractivity contribution in [1.29, 1.82) is 0 Å². The molecule has 0 unspecified atom stereocenters. The summed E-state index contributed by atoms with van der Waals surface area (Å²) in [6, 6.07) is 64.2. The number of rotatable bonds is 31. The van der Waals surface area contributed by atoms with Crippen molar-refractivity contribution in [3.63, 3.8) is 0 Å². The molecule has 0 saturated carbocycles. The molecule has 135 heavy (non-hydrogen) atoms. The van der Waals surface area contributed by atoms with Crippen LogP contribution in [0, 0.1) is 5.92 Å². The number of ether oxygens (including phenoxy) is 2. The fourth-order valence-corrected chi connectivity index (χ4v) is 19.3. The number of carbonyl (C=O) groups is 4. The molecular weight excluding hydrogens is 1970 g/mol. The first-order valence-electron chi connectivity index (χ1n) is 41.3. The van der Waals surface area contributed by atoms with Crippen LogP contribution < -0.4 is 38.5 Å². The number of amides is 4. The molecule has 8 aromatic carbocycles. The van der Waals surface area contributed by atoms with E-state index >= 15 is 0 Å². The third-order valence-corrected chi connectivity index (χ3v) is 27.5. The Morgan fingerprint density at radius 1 is 0.363 bits per heavy atom. The number of sulfonamides is 4. The Labute approximate surface area is 824 Å². The van der Waals surface area contributed by atoms with Crippen molar-refractivity contribution in [1.82, 2.24) is 29.4 Å². The monoisotopic (exact) mass is 2060 g/mol. The highest BCUT2D eigenvalue weighted by atomic mass is 35.5. The number of hydrogen-bond donors (Lipinski definition) is 4. The second-order valence-corrected chi connectivity index (χ2v) is 41.6. The molecule has 0 spiro atoms. The van der Waals surface area contributed by atoms with Gasteiger partial charge in [0.1, 0.15) is 0 Å². The van der Waals surface area contributed by atoms with Gasteiger partial charge in [-0.2, -0.15) is 0 Å². The summed E-state index contributed by atoms with van der Waals surface area (Å²) in [5.74, 6) is -1.62. The highest BCUT2D eigenvalue weighted by Gasteiger charge is 2.28. The number of anilines is 8. The van der Waals surface area contributed by atoms with Gasteiger partial charge in [0, 0.05) is 129 Å². The minimum Gasteiger partial charge on any atom is -0.383 e. The summed E-state index contributed by atoms with van der Waals surface area (Å²) in [5.41, 5.74) is 9.89. The molecule has 1 fully saturated rings. The Balaban J connectivity index is 0.000000173. The zero-order chi connectivity index (χ0) is 97.5. The molecule has 0 radical (unpaired) electrons. The maximum atomic E-state index is 13.0. The minimum absolute atomic E-state index is 0.115. The van der Waals surface area contributed by atoms with Gasteiger partial charge in [0.05, 0.1) is 166 Å². The largest absolute Gasteiger partial charge is 0.383 e. The van der Waals surface area contributed by atoms with Crippen molar-refractivity contribution in [3.05, 3.63) is 330 Å². The summed E-state index contributed by atoms with van der Waals surface area (Å²) in [6.07, 6.45) is 14.9. The van der Waals surface area contributed by atoms with Gasteiger partial charge < -0.3 is 35.3 Å².